The van der Waals surface area contributed by atoms with Gasteiger partial charge >= 0.3 is 0 Å². The number of fused-ring (bicyclic) bond motifs is 3. The molecular weight excluding hydrogens is 601 g/mol. The molecule has 5 nitrogen and oxygen atoms in total. The number of rotatable bonds is 11. The lowest BCUT2D eigenvalue weighted by Gasteiger charge is -2.23. The zero-order chi connectivity index (χ0) is 34.1. The molecule has 5 heteroatoms. The number of unbranched alkanes of at least 4 members (excludes halogenated alkanes) is 2. The predicted molar refractivity (Wildman–Crippen MR) is 204 cm³/mol. The summed E-state index contributed by atoms with van der Waals surface area (Å²) < 4.78 is 10.9. The van der Waals surface area contributed by atoms with E-state index in [1.165, 1.54) is 52.3 Å². The summed E-state index contributed by atoms with van der Waals surface area (Å²) in [7, 11) is 0. The predicted octanol–water partition coefficient (Wildman–Crippen LogP) is 11.9. The lowest BCUT2D eigenvalue weighted by Crippen LogP contribution is -2.15. The van der Waals surface area contributed by atoms with Crippen molar-refractivity contribution in [1.82, 2.24) is 19.3 Å². The van der Waals surface area contributed by atoms with Gasteiger partial charge in [0.25, 0.3) is 0 Å². The minimum Gasteiger partial charge on any atom is -0.457 e. The Kier molecular flexibility index (Phi) is 8.85. The van der Waals surface area contributed by atoms with Gasteiger partial charge in [-0.05, 0) is 104 Å². The molecule has 4 aromatic carbocycles. The van der Waals surface area contributed by atoms with Crippen LogP contribution in [0, 0.1) is 13.8 Å². The molecule has 3 aromatic heterocycles. The summed E-state index contributed by atoms with van der Waals surface area (Å²) in [5, 5.41) is 7.36. The van der Waals surface area contributed by atoms with Crippen LogP contribution in [0.2, 0.25) is 0 Å². The van der Waals surface area contributed by atoms with Crippen LogP contribution in [0.1, 0.15) is 75.9 Å². The number of hydrogen-bond acceptors (Lipinski definition) is 3. The maximum absolute atomic E-state index is 6.61. The van der Waals surface area contributed by atoms with Gasteiger partial charge in [0.1, 0.15) is 17.3 Å². The number of benzene rings is 4. The molecule has 248 valence electrons. The molecule has 0 spiro atoms. The van der Waals surface area contributed by atoms with Crippen molar-refractivity contribution >= 4 is 21.8 Å². The highest BCUT2D eigenvalue weighted by atomic mass is 16.5. The number of aryl methyl sites for hydroxylation is 2. The second kappa shape index (κ2) is 13.4. The Hall–Kier alpha value is -5.16. The normalized spacial score (nSPS) is 11.9. The maximum Gasteiger partial charge on any atom is 0.137 e. The molecule has 0 aliphatic heterocycles. The van der Waals surface area contributed by atoms with E-state index in [2.05, 4.69) is 131 Å². The standard InChI is InChI=1S/C44H46N4O/c1-7-9-11-15-32-24-25-45-42(26-32)47-40-23-20-34(44(5,6)8-2)27-39(40)38-22-21-37(29-41(38)47)49-36-19-14-18-35(28-36)48-31(4)43(30(3)46-48)33-16-12-10-13-17-33/h10,12-14,16-29H,7-9,11,15H2,1-6H3. The Balaban J connectivity index is 1.30. The summed E-state index contributed by atoms with van der Waals surface area (Å²) in [4.78, 5) is 4.91. The molecule has 0 saturated carbocycles. The van der Waals surface area contributed by atoms with E-state index in [0.29, 0.717) is 0 Å². The summed E-state index contributed by atoms with van der Waals surface area (Å²) in [6.07, 6.45) is 7.71. The Bertz CT molecular complexity index is 2260. The van der Waals surface area contributed by atoms with Gasteiger partial charge in [0.15, 0.2) is 0 Å². The molecule has 0 radical (unpaired) electrons. The van der Waals surface area contributed by atoms with E-state index < -0.39 is 0 Å². The molecule has 0 aliphatic carbocycles. The smallest absolute Gasteiger partial charge is 0.137 e. The van der Waals surface area contributed by atoms with Gasteiger partial charge < -0.3 is 4.74 Å². The first kappa shape index (κ1) is 32.4. The van der Waals surface area contributed by atoms with Crippen LogP contribution in [-0.2, 0) is 11.8 Å². The Morgan fingerprint density at radius 1 is 0.735 bits per heavy atom. The SMILES string of the molecule is CCCCCc1ccnc(-n2c3ccc(C(C)(C)CC)cc3c3ccc(Oc4cccc(-n5nc(C)c(-c6ccccc6)c5C)c4)cc32)c1. The van der Waals surface area contributed by atoms with Gasteiger partial charge in [-0.3, -0.25) is 4.57 Å². The van der Waals surface area contributed by atoms with Crippen molar-refractivity contribution in [3.8, 4) is 34.1 Å². The molecule has 7 rings (SSSR count). The number of ether oxygens (including phenoxy) is 1. The van der Waals surface area contributed by atoms with Crippen LogP contribution in [0.5, 0.6) is 11.5 Å². The van der Waals surface area contributed by atoms with E-state index in [-0.39, 0.29) is 5.41 Å². The van der Waals surface area contributed by atoms with Crippen LogP contribution < -0.4 is 4.74 Å². The van der Waals surface area contributed by atoms with E-state index in [9.17, 15) is 0 Å². The summed E-state index contributed by atoms with van der Waals surface area (Å²) in [6.45, 7) is 13.4. The fourth-order valence-corrected chi connectivity index (χ4v) is 6.99. The van der Waals surface area contributed by atoms with E-state index in [4.69, 9.17) is 14.8 Å². The third kappa shape index (κ3) is 6.26. The summed E-state index contributed by atoms with van der Waals surface area (Å²) in [5.41, 5.74) is 10.4. The van der Waals surface area contributed by atoms with Crippen LogP contribution in [0.25, 0.3) is 44.4 Å². The summed E-state index contributed by atoms with van der Waals surface area (Å²) in [5.74, 6) is 2.48. The summed E-state index contributed by atoms with van der Waals surface area (Å²) in [6, 6.07) is 36.5. The molecule has 0 unspecified atom stereocenters. The average Bonchev–Trinajstić information content (AvgIpc) is 3.61. The fourth-order valence-electron chi connectivity index (χ4n) is 6.99. The first-order valence-electron chi connectivity index (χ1n) is 17.7. The van der Waals surface area contributed by atoms with Gasteiger partial charge in [-0.15, -0.1) is 0 Å². The van der Waals surface area contributed by atoms with Crippen LogP contribution >= 0.6 is 0 Å². The van der Waals surface area contributed by atoms with Crippen molar-refractivity contribution < 1.29 is 4.74 Å². The Labute approximate surface area is 290 Å². The molecule has 0 fully saturated rings. The van der Waals surface area contributed by atoms with Gasteiger partial charge in [-0.1, -0.05) is 83.0 Å². The monoisotopic (exact) mass is 646 g/mol. The zero-order valence-electron chi connectivity index (χ0n) is 29.6. The molecule has 0 bridgehead atoms. The van der Waals surface area contributed by atoms with Crippen LogP contribution in [-0.4, -0.2) is 19.3 Å². The van der Waals surface area contributed by atoms with Gasteiger partial charge in [0.05, 0.1) is 22.4 Å². The Morgan fingerprint density at radius 2 is 1.55 bits per heavy atom. The molecule has 0 amide bonds. The van der Waals surface area contributed by atoms with Crippen molar-refractivity contribution in [1.29, 1.82) is 0 Å². The minimum absolute atomic E-state index is 0.0848. The number of aromatic nitrogens is 4. The first-order valence-corrected chi connectivity index (χ1v) is 17.7. The molecule has 0 atom stereocenters. The third-order valence-corrected chi connectivity index (χ3v) is 10.2. The van der Waals surface area contributed by atoms with Crippen LogP contribution in [0.4, 0.5) is 0 Å². The van der Waals surface area contributed by atoms with Crippen molar-refractivity contribution in [2.45, 2.75) is 79.1 Å². The van der Waals surface area contributed by atoms with Gasteiger partial charge in [-0.25, -0.2) is 9.67 Å². The number of nitrogens with zero attached hydrogens (tertiary/aromatic N) is 4. The van der Waals surface area contributed by atoms with Crippen LogP contribution in [0.3, 0.4) is 0 Å². The molecule has 3 heterocycles. The van der Waals surface area contributed by atoms with E-state index in [1.807, 2.05) is 29.1 Å². The van der Waals surface area contributed by atoms with Gasteiger partial charge in [-0.2, -0.15) is 5.10 Å². The maximum atomic E-state index is 6.61. The largest absolute Gasteiger partial charge is 0.457 e. The van der Waals surface area contributed by atoms with Crippen molar-refractivity contribution in [3.05, 3.63) is 132 Å². The minimum atomic E-state index is 0.0848. The number of pyridine rings is 1. The number of hydrogen-bond donors (Lipinski definition) is 0. The van der Waals surface area contributed by atoms with E-state index in [0.717, 1.165) is 58.3 Å². The molecule has 0 aliphatic rings. The molecule has 49 heavy (non-hydrogen) atoms. The zero-order valence-corrected chi connectivity index (χ0v) is 29.6. The van der Waals surface area contributed by atoms with Crippen molar-refractivity contribution in [2.24, 2.45) is 0 Å². The molecular formula is C44H46N4O. The van der Waals surface area contributed by atoms with Crippen molar-refractivity contribution in [2.75, 3.05) is 0 Å². The average molecular weight is 647 g/mol. The Morgan fingerprint density at radius 3 is 2.35 bits per heavy atom. The lowest BCUT2D eigenvalue weighted by atomic mass is 9.82. The fraction of sp³-hybridized carbons (Fsp3) is 0.273. The first-order chi connectivity index (χ1) is 23.8. The second-order valence-electron chi connectivity index (χ2n) is 13.9. The quantitative estimate of drug-likeness (QED) is 0.131. The molecule has 7 aromatic rings. The van der Waals surface area contributed by atoms with E-state index in [1.54, 1.807) is 0 Å². The van der Waals surface area contributed by atoms with Gasteiger partial charge in [0.2, 0.25) is 0 Å². The highest BCUT2D eigenvalue weighted by molar-refractivity contribution is 6.09. The highest BCUT2D eigenvalue weighted by Crippen LogP contribution is 2.38. The van der Waals surface area contributed by atoms with Crippen molar-refractivity contribution in [3.63, 3.8) is 0 Å². The molecule has 0 saturated heterocycles. The lowest BCUT2D eigenvalue weighted by molar-refractivity contribution is 0.482. The topological polar surface area (TPSA) is 44.9 Å². The van der Waals surface area contributed by atoms with E-state index >= 15 is 0 Å². The third-order valence-electron chi connectivity index (χ3n) is 10.2. The molecule has 0 N–H and O–H groups in total. The second-order valence-corrected chi connectivity index (χ2v) is 13.9. The van der Waals surface area contributed by atoms with Crippen LogP contribution in [0.15, 0.2) is 109 Å². The highest BCUT2D eigenvalue weighted by Gasteiger charge is 2.22. The van der Waals surface area contributed by atoms with Gasteiger partial charge in [0, 0.05) is 40.4 Å². The summed E-state index contributed by atoms with van der Waals surface area (Å²) >= 11 is 0.